The highest BCUT2D eigenvalue weighted by Gasteiger charge is 2.25. The number of aromatic nitrogens is 2. The molecule has 33 heavy (non-hydrogen) atoms. The van der Waals surface area contributed by atoms with Crippen LogP contribution in [0.2, 0.25) is 0 Å². The summed E-state index contributed by atoms with van der Waals surface area (Å²) in [7, 11) is 1.71. The van der Waals surface area contributed by atoms with Crippen LogP contribution in [0.3, 0.4) is 0 Å². The van der Waals surface area contributed by atoms with Crippen molar-refractivity contribution >= 4 is 16.7 Å². The highest BCUT2D eigenvalue weighted by Crippen LogP contribution is 2.38. The van der Waals surface area contributed by atoms with Gasteiger partial charge in [0.05, 0.1) is 18.9 Å². The number of hydrogen-bond donors (Lipinski definition) is 0. The van der Waals surface area contributed by atoms with Crippen LogP contribution in [0.4, 0.5) is 5.69 Å². The van der Waals surface area contributed by atoms with Crippen LogP contribution in [0.1, 0.15) is 61.2 Å². The third-order valence-electron chi connectivity index (χ3n) is 6.83. The van der Waals surface area contributed by atoms with Crippen LogP contribution in [0.15, 0.2) is 18.2 Å². The maximum Gasteiger partial charge on any atom is 0.147 e. The molecule has 2 aromatic heterocycles. The lowest BCUT2D eigenvalue weighted by Crippen LogP contribution is -2.33. The van der Waals surface area contributed by atoms with Crippen molar-refractivity contribution < 1.29 is 4.74 Å². The SMILES string of the molecule is CC.COc1cc(C)c(-n2c(C)c(C)c3c(N4CCC(CC#N)CC4)cc(C)nc32)c(C)c1. The molecule has 0 radical (unpaired) electrons. The molecule has 1 aliphatic rings. The summed E-state index contributed by atoms with van der Waals surface area (Å²) in [5.41, 5.74) is 9.40. The van der Waals surface area contributed by atoms with Crippen LogP contribution >= 0.6 is 0 Å². The van der Waals surface area contributed by atoms with Gasteiger partial charge >= 0.3 is 0 Å². The number of anilines is 1. The summed E-state index contributed by atoms with van der Waals surface area (Å²) < 4.78 is 7.81. The Morgan fingerprint density at radius 2 is 1.64 bits per heavy atom. The van der Waals surface area contributed by atoms with E-state index in [2.05, 4.69) is 68.4 Å². The lowest BCUT2D eigenvalue weighted by atomic mass is 9.93. The second-order valence-corrected chi connectivity index (χ2v) is 8.93. The molecule has 3 aromatic rings. The number of benzene rings is 1. The Kier molecular flexibility index (Phi) is 7.68. The first-order valence-corrected chi connectivity index (χ1v) is 12.1. The molecule has 5 nitrogen and oxygen atoms in total. The van der Waals surface area contributed by atoms with E-state index in [4.69, 9.17) is 15.0 Å². The highest BCUT2D eigenvalue weighted by molar-refractivity contribution is 5.96. The van der Waals surface area contributed by atoms with Gasteiger partial charge in [0.15, 0.2) is 0 Å². The Bertz CT molecular complexity index is 1150. The topological polar surface area (TPSA) is 54.1 Å². The Morgan fingerprint density at radius 1 is 1.03 bits per heavy atom. The summed E-state index contributed by atoms with van der Waals surface area (Å²) >= 11 is 0. The standard InChI is InChI=1S/C26H32N4O.C2H6/c1-16-13-22(31-6)14-17(2)25(16)30-20(5)19(4)24-23(15-18(3)28-26(24)30)29-11-8-21(7-10-27)9-12-29;1-2/h13-15,21H,7-9,11-12H2,1-6H3;1-2H3. The third kappa shape index (κ3) is 4.57. The molecule has 1 fully saturated rings. The van der Waals surface area contributed by atoms with Crippen molar-refractivity contribution in [2.75, 3.05) is 25.1 Å². The maximum atomic E-state index is 9.05. The molecule has 1 saturated heterocycles. The quantitative estimate of drug-likeness (QED) is 0.446. The van der Waals surface area contributed by atoms with Gasteiger partial charge in [-0.2, -0.15) is 5.26 Å². The third-order valence-corrected chi connectivity index (χ3v) is 6.83. The van der Waals surface area contributed by atoms with Gasteiger partial charge in [-0.3, -0.25) is 4.57 Å². The number of pyridine rings is 1. The molecule has 1 aromatic carbocycles. The fourth-order valence-electron chi connectivity index (χ4n) is 5.09. The first kappa shape index (κ1) is 24.6. The monoisotopic (exact) mass is 446 g/mol. The number of nitriles is 1. The van der Waals surface area contributed by atoms with Gasteiger partial charge in [-0.05, 0) is 88.3 Å². The van der Waals surface area contributed by atoms with E-state index in [1.807, 2.05) is 13.8 Å². The second kappa shape index (κ2) is 10.3. The summed E-state index contributed by atoms with van der Waals surface area (Å²) in [4.78, 5) is 7.52. The molecule has 5 heteroatoms. The molecule has 1 aliphatic heterocycles. The van der Waals surface area contributed by atoms with E-state index < -0.39 is 0 Å². The van der Waals surface area contributed by atoms with Crippen LogP contribution in [-0.2, 0) is 0 Å². The molecule has 0 aliphatic carbocycles. The minimum atomic E-state index is 0.525. The Morgan fingerprint density at radius 3 is 2.18 bits per heavy atom. The zero-order valence-electron chi connectivity index (χ0n) is 21.5. The Hall–Kier alpha value is -3.00. The van der Waals surface area contributed by atoms with Gasteiger partial charge in [-0.15, -0.1) is 0 Å². The second-order valence-electron chi connectivity index (χ2n) is 8.93. The van der Waals surface area contributed by atoms with Gasteiger partial charge in [-0.25, -0.2) is 4.98 Å². The number of rotatable bonds is 4. The molecule has 0 N–H and O–H groups in total. The summed E-state index contributed by atoms with van der Waals surface area (Å²) in [6.45, 7) is 16.8. The van der Waals surface area contributed by atoms with Crippen molar-refractivity contribution in [2.24, 2.45) is 5.92 Å². The van der Waals surface area contributed by atoms with Gasteiger partial charge in [0, 0.05) is 42.0 Å². The van der Waals surface area contributed by atoms with Crippen LogP contribution in [-0.4, -0.2) is 29.8 Å². The normalized spacial score (nSPS) is 14.1. The van der Waals surface area contributed by atoms with Crippen molar-refractivity contribution in [3.8, 4) is 17.5 Å². The Labute approximate surface area is 199 Å². The van der Waals surface area contributed by atoms with Crippen molar-refractivity contribution in [3.63, 3.8) is 0 Å². The molecule has 0 saturated carbocycles. The van der Waals surface area contributed by atoms with Gasteiger partial charge in [-0.1, -0.05) is 13.8 Å². The van der Waals surface area contributed by atoms with E-state index in [9.17, 15) is 0 Å². The average Bonchev–Trinajstić information content (AvgIpc) is 3.05. The molecule has 0 bridgehead atoms. The fourth-order valence-corrected chi connectivity index (χ4v) is 5.09. The van der Waals surface area contributed by atoms with Crippen molar-refractivity contribution in [1.82, 2.24) is 9.55 Å². The fraction of sp³-hybridized carbons (Fsp3) is 0.500. The van der Waals surface area contributed by atoms with Gasteiger partial charge in [0.1, 0.15) is 11.4 Å². The molecular formula is C28H38N4O. The maximum absolute atomic E-state index is 9.05. The minimum Gasteiger partial charge on any atom is -0.497 e. The molecule has 3 heterocycles. The smallest absolute Gasteiger partial charge is 0.147 e. The van der Waals surface area contributed by atoms with Crippen LogP contribution in [0.25, 0.3) is 16.7 Å². The number of piperidine rings is 1. The number of methoxy groups -OCH3 is 1. The molecule has 4 rings (SSSR count). The van der Waals surface area contributed by atoms with Gasteiger partial charge in [0.25, 0.3) is 0 Å². The van der Waals surface area contributed by atoms with E-state index in [0.717, 1.165) is 43.0 Å². The number of fused-ring (bicyclic) bond motifs is 1. The lowest BCUT2D eigenvalue weighted by Gasteiger charge is -2.33. The summed E-state index contributed by atoms with van der Waals surface area (Å²) in [6, 6.07) is 8.77. The van der Waals surface area contributed by atoms with Crippen LogP contribution in [0, 0.1) is 51.9 Å². The highest BCUT2D eigenvalue weighted by atomic mass is 16.5. The molecule has 176 valence electrons. The lowest BCUT2D eigenvalue weighted by molar-refractivity contribution is 0.413. The van der Waals surface area contributed by atoms with E-state index in [0.29, 0.717) is 12.3 Å². The van der Waals surface area contributed by atoms with Crippen molar-refractivity contribution in [2.45, 2.75) is 67.7 Å². The Balaban J connectivity index is 0.00000149. The zero-order chi connectivity index (χ0) is 24.3. The first-order valence-electron chi connectivity index (χ1n) is 12.1. The minimum absolute atomic E-state index is 0.525. The predicted octanol–water partition coefficient (Wildman–Crippen LogP) is 6.73. The van der Waals surface area contributed by atoms with E-state index >= 15 is 0 Å². The van der Waals surface area contributed by atoms with E-state index in [1.54, 1.807) is 7.11 Å². The summed E-state index contributed by atoms with van der Waals surface area (Å²) in [6.07, 6.45) is 2.82. The summed E-state index contributed by atoms with van der Waals surface area (Å²) in [5.74, 6) is 1.41. The van der Waals surface area contributed by atoms with Crippen LogP contribution in [0.5, 0.6) is 5.75 Å². The molecule has 0 amide bonds. The summed E-state index contributed by atoms with van der Waals surface area (Å²) in [5, 5.41) is 10.3. The van der Waals surface area contributed by atoms with Crippen molar-refractivity contribution in [1.29, 1.82) is 5.26 Å². The molecule has 0 unspecified atom stereocenters. The van der Waals surface area contributed by atoms with E-state index in [-0.39, 0.29) is 0 Å². The predicted molar refractivity (Wildman–Crippen MR) is 138 cm³/mol. The first-order chi connectivity index (χ1) is 15.8. The van der Waals surface area contributed by atoms with Gasteiger partial charge < -0.3 is 9.64 Å². The number of ether oxygens (including phenoxy) is 1. The zero-order valence-corrected chi connectivity index (χ0v) is 21.5. The average molecular weight is 447 g/mol. The number of aryl methyl sites for hydroxylation is 4. The van der Waals surface area contributed by atoms with Crippen LogP contribution < -0.4 is 9.64 Å². The van der Waals surface area contributed by atoms with Crippen molar-refractivity contribution in [3.05, 3.63) is 46.3 Å². The largest absolute Gasteiger partial charge is 0.497 e. The number of hydrogen-bond acceptors (Lipinski definition) is 4. The van der Waals surface area contributed by atoms with E-state index in [1.165, 1.54) is 39.1 Å². The number of nitrogens with zero attached hydrogens (tertiary/aromatic N) is 4. The molecular weight excluding hydrogens is 408 g/mol. The van der Waals surface area contributed by atoms with Gasteiger partial charge in [0.2, 0.25) is 0 Å². The molecule has 0 atom stereocenters. The molecule has 0 spiro atoms.